The van der Waals surface area contributed by atoms with Crippen LogP contribution in [0.5, 0.6) is 5.88 Å². The second kappa shape index (κ2) is 7.43. The summed E-state index contributed by atoms with van der Waals surface area (Å²) >= 11 is 0. The fourth-order valence-corrected chi connectivity index (χ4v) is 1.10. The summed E-state index contributed by atoms with van der Waals surface area (Å²) < 4.78 is 10.1. The monoisotopic (exact) mass is 239 g/mol. The van der Waals surface area contributed by atoms with E-state index >= 15 is 0 Å². The smallest absolute Gasteiger partial charge is 0.325 e. The minimum atomic E-state index is -0.317. The van der Waals surface area contributed by atoms with Gasteiger partial charge in [0.1, 0.15) is 18.7 Å². The van der Waals surface area contributed by atoms with Gasteiger partial charge in [-0.3, -0.25) is 4.79 Å². The maximum Gasteiger partial charge on any atom is 0.325 e. The molecule has 0 aromatic carbocycles. The largest absolute Gasteiger partial charge is 0.478 e. The Kier molecular flexibility index (Phi) is 5.77. The molecular formula is C11H17N3O3. The van der Waals surface area contributed by atoms with Crippen molar-refractivity contribution in [3.63, 3.8) is 0 Å². The molecule has 1 aromatic heterocycles. The second-order valence-corrected chi connectivity index (χ2v) is 3.25. The van der Waals surface area contributed by atoms with Crippen LogP contribution >= 0.6 is 0 Å². The van der Waals surface area contributed by atoms with Crippen molar-refractivity contribution >= 4 is 11.8 Å². The van der Waals surface area contributed by atoms with E-state index < -0.39 is 0 Å². The lowest BCUT2D eigenvalue weighted by Gasteiger charge is -2.07. The van der Waals surface area contributed by atoms with E-state index in [0.29, 0.717) is 24.9 Å². The van der Waals surface area contributed by atoms with E-state index in [2.05, 4.69) is 15.3 Å². The highest BCUT2D eigenvalue weighted by atomic mass is 16.5. The third-order valence-corrected chi connectivity index (χ3v) is 1.82. The highest BCUT2D eigenvalue weighted by Crippen LogP contribution is 2.10. The summed E-state index contributed by atoms with van der Waals surface area (Å²) in [7, 11) is 0. The Morgan fingerprint density at radius 3 is 2.94 bits per heavy atom. The molecule has 94 valence electrons. The maximum absolute atomic E-state index is 11.1. The Morgan fingerprint density at radius 1 is 1.41 bits per heavy atom. The summed E-state index contributed by atoms with van der Waals surface area (Å²) in [5.74, 6) is 0.717. The molecule has 0 aliphatic heterocycles. The highest BCUT2D eigenvalue weighted by molar-refractivity contribution is 5.74. The molecule has 0 radical (unpaired) electrons. The molecule has 0 unspecified atom stereocenters. The van der Waals surface area contributed by atoms with E-state index in [9.17, 15) is 4.79 Å². The molecule has 0 amide bonds. The van der Waals surface area contributed by atoms with Gasteiger partial charge in [-0.2, -0.15) is 0 Å². The van der Waals surface area contributed by atoms with Crippen molar-refractivity contribution < 1.29 is 14.3 Å². The van der Waals surface area contributed by atoms with Crippen molar-refractivity contribution in [2.45, 2.75) is 20.3 Å². The van der Waals surface area contributed by atoms with Crippen molar-refractivity contribution in [1.29, 1.82) is 0 Å². The molecule has 0 aliphatic rings. The van der Waals surface area contributed by atoms with Crippen LogP contribution in [0.15, 0.2) is 12.4 Å². The lowest BCUT2D eigenvalue weighted by molar-refractivity contribution is -0.140. The molecule has 0 atom stereocenters. The summed E-state index contributed by atoms with van der Waals surface area (Å²) in [6.07, 6.45) is 2.30. The molecule has 0 saturated heterocycles. The van der Waals surface area contributed by atoms with Gasteiger partial charge in [0.15, 0.2) is 0 Å². The van der Waals surface area contributed by atoms with E-state index in [4.69, 9.17) is 9.47 Å². The van der Waals surface area contributed by atoms with E-state index in [1.165, 1.54) is 6.33 Å². The summed E-state index contributed by atoms with van der Waals surface area (Å²) in [6, 6.07) is 1.65. The van der Waals surface area contributed by atoms with Gasteiger partial charge >= 0.3 is 5.97 Å². The average Bonchev–Trinajstić information content (AvgIpc) is 2.35. The molecule has 0 saturated carbocycles. The van der Waals surface area contributed by atoms with Crippen LogP contribution in [-0.4, -0.2) is 35.7 Å². The Bertz CT molecular complexity index is 358. The number of rotatable bonds is 7. The zero-order chi connectivity index (χ0) is 12.5. The Balaban J connectivity index is 2.45. The van der Waals surface area contributed by atoms with Gasteiger partial charge in [-0.05, 0) is 13.3 Å². The van der Waals surface area contributed by atoms with Crippen LogP contribution < -0.4 is 10.1 Å². The maximum atomic E-state index is 11.1. The predicted octanol–water partition coefficient (Wildman–Crippen LogP) is 1.24. The first-order chi connectivity index (χ1) is 8.26. The van der Waals surface area contributed by atoms with Gasteiger partial charge in [0, 0.05) is 6.07 Å². The van der Waals surface area contributed by atoms with Gasteiger partial charge < -0.3 is 14.8 Å². The minimum absolute atomic E-state index is 0.0814. The second-order valence-electron chi connectivity index (χ2n) is 3.25. The molecule has 6 nitrogen and oxygen atoms in total. The number of anilines is 1. The van der Waals surface area contributed by atoms with Crippen molar-refractivity contribution in [2.24, 2.45) is 0 Å². The van der Waals surface area contributed by atoms with Gasteiger partial charge in [0.2, 0.25) is 5.88 Å². The first-order valence-corrected chi connectivity index (χ1v) is 5.60. The number of nitrogens with zero attached hydrogens (tertiary/aromatic N) is 2. The molecule has 1 heterocycles. The Morgan fingerprint density at radius 2 is 2.24 bits per heavy atom. The SMILES string of the molecule is CCCOc1cc(NCC(=O)OCC)ncn1. The Labute approximate surface area is 100 Å². The molecule has 1 rings (SSSR count). The lowest BCUT2D eigenvalue weighted by Crippen LogP contribution is -2.17. The molecule has 0 spiro atoms. The number of aromatic nitrogens is 2. The summed E-state index contributed by atoms with van der Waals surface area (Å²) in [5.41, 5.74) is 0. The molecule has 1 aromatic rings. The highest BCUT2D eigenvalue weighted by Gasteiger charge is 2.03. The normalized spacial score (nSPS) is 9.76. The predicted molar refractivity (Wildman–Crippen MR) is 62.9 cm³/mol. The number of ether oxygens (including phenoxy) is 2. The fourth-order valence-electron chi connectivity index (χ4n) is 1.10. The van der Waals surface area contributed by atoms with Gasteiger partial charge in [0.05, 0.1) is 13.2 Å². The van der Waals surface area contributed by atoms with E-state index in [1.54, 1.807) is 13.0 Å². The van der Waals surface area contributed by atoms with Crippen LogP contribution in [0.1, 0.15) is 20.3 Å². The van der Waals surface area contributed by atoms with Crippen molar-refractivity contribution in [2.75, 3.05) is 25.1 Å². The third-order valence-electron chi connectivity index (χ3n) is 1.82. The number of hydrogen-bond donors (Lipinski definition) is 1. The fraction of sp³-hybridized carbons (Fsp3) is 0.545. The summed E-state index contributed by atoms with van der Waals surface area (Å²) in [4.78, 5) is 19.0. The minimum Gasteiger partial charge on any atom is -0.478 e. The average molecular weight is 239 g/mol. The van der Waals surface area contributed by atoms with E-state index in [1.807, 2.05) is 6.92 Å². The summed E-state index contributed by atoms with van der Waals surface area (Å²) in [5, 5.41) is 2.84. The Hall–Kier alpha value is -1.85. The number of nitrogens with one attached hydrogen (secondary N) is 1. The van der Waals surface area contributed by atoms with Crippen molar-refractivity contribution in [1.82, 2.24) is 9.97 Å². The van der Waals surface area contributed by atoms with Crippen LogP contribution in [0.4, 0.5) is 5.82 Å². The van der Waals surface area contributed by atoms with Crippen LogP contribution in [0.3, 0.4) is 0 Å². The zero-order valence-electron chi connectivity index (χ0n) is 10.1. The topological polar surface area (TPSA) is 73.3 Å². The van der Waals surface area contributed by atoms with E-state index in [-0.39, 0.29) is 12.5 Å². The first kappa shape index (κ1) is 13.2. The van der Waals surface area contributed by atoms with Crippen LogP contribution in [0.25, 0.3) is 0 Å². The van der Waals surface area contributed by atoms with E-state index in [0.717, 1.165) is 6.42 Å². The molecule has 17 heavy (non-hydrogen) atoms. The van der Waals surface area contributed by atoms with Gasteiger partial charge in [-0.15, -0.1) is 0 Å². The zero-order valence-corrected chi connectivity index (χ0v) is 10.1. The standard InChI is InChI=1S/C11H17N3O3/c1-3-5-17-10-6-9(13-8-14-10)12-7-11(15)16-4-2/h6,8H,3-5,7H2,1-2H3,(H,12,13,14). The van der Waals surface area contributed by atoms with Crippen molar-refractivity contribution in [3.05, 3.63) is 12.4 Å². The lowest BCUT2D eigenvalue weighted by atomic mass is 10.5. The third kappa shape index (κ3) is 5.14. The van der Waals surface area contributed by atoms with Crippen LogP contribution in [0.2, 0.25) is 0 Å². The van der Waals surface area contributed by atoms with Crippen molar-refractivity contribution in [3.8, 4) is 5.88 Å². The summed E-state index contributed by atoms with van der Waals surface area (Å²) in [6.45, 7) is 4.84. The quantitative estimate of drug-likeness (QED) is 0.722. The number of carbonyl (C=O) groups excluding carboxylic acids is 1. The number of carbonyl (C=O) groups is 1. The molecule has 0 aliphatic carbocycles. The van der Waals surface area contributed by atoms with Gasteiger partial charge in [-0.25, -0.2) is 9.97 Å². The molecule has 0 fully saturated rings. The number of esters is 1. The molecular weight excluding hydrogens is 222 g/mol. The van der Waals surface area contributed by atoms with Crippen LogP contribution in [-0.2, 0) is 9.53 Å². The first-order valence-electron chi connectivity index (χ1n) is 5.60. The molecule has 1 N–H and O–H groups in total. The van der Waals surface area contributed by atoms with Gasteiger partial charge in [0.25, 0.3) is 0 Å². The number of hydrogen-bond acceptors (Lipinski definition) is 6. The van der Waals surface area contributed by atoms with Gasteiger partial charge in [-0.1, -0.05) is 6.92 Å². The van der Waals surface area contributed by atoms with Crippen LogP contribution in [0, 0.1) is 0 Å². The molecule has 6 heteroatoms. The molecule has 0 bridgehead atoms.